The van der Waals surface area contributed by atoms with Crippen LogP contribution in [-0.2, 0) is 4.43 Å². The molecular formula is C21H29BO3Si. The van der Waals surface area contributed by atoms with Crippen molar-refractivity contribution in [3.05, 3.63) is 72.7 Å². The Morgan fingerprint density at radius 2 is 1.42 bits per heavy atom. The first-order chi connectivity index (χ1) is 12.4. The van der Waals surface area contributed by atoms with Crippen molar-refractivity contribution in [2.24, 2.45) is 0 Å². The SMILES string of the molecule is CC(C)(C)[Si](OCCCC=CB(O)O)(c1ccccc1)c1ccccc1. The van der Waals surface area contributed by atoms with Crippen molar-refractivity contribution in [3.8, 4) is 0 Å². The number of hydrogen-bond donors (Lipinski definition) is 2. The smallest absolute Gasteiger partial charge is 0.424 e. The molecule has 2 aromatic carbocycles. The summed E-state index contributed by atoms with van der Waals surface area (Å²) < 4.78 is 6.75. The first-order valence-electron chi connectivity index (χ1n) is 9.16. The van der Waals surface area contributed by atoms with Gasteiger partial charge in [0.2, 0.25) is 0 Å². The van der Waals surface area contributed by atoms with Crippen LogP contribution in [0.1, 0.15) is 33.6 Å². The molecule has 0 aliphatic heterocycles. The van der Waals surface area contributed by atoms with Crippen molar-refractivity contribution >= 4 is 25.8 Å². The maximum atomic E-state index is 8.89. The molecule has 0 amide bonds. The summed E-state index contributed by atoms with van der Waals surface area (Å²) in [5, 5.41) is 20.3. The predicted octanol–water partition coefficient (Wildman–Crippen LogP) is 2.91. The van der Waals surface area contributed by atoms with Gasteiger partial charge in [0, 0.05) is 6.61 Å². The van der Waals surface area contributed by atoms with Crippen LogP contribution in [0.25, 0.3) is 0 Å². The Balaban J connectivity index is 2.32. The molecule has 0 heterocycles. The van der Waals surface area contributed by atoms with Gasteiger partial charge in [0.1, 0.15) is 0 Å². The van der Waals surface area contributed by atoms with Crippen LogP contribution < -0.4 is 10.4 Å². The van der Waals surface area contributed by atoms with Gasteiger partial charge in [-0.25, -0.2) is 0 Å². The van der Waals surface area contributed by atoms with Crippen molar-refractivity contribution < 1.29 is 14.5 Å². The standard InChI is InChI=1S/C21H29BO3Si/c1-21(2,3)26(19-13-7-4-8-14-19,20-15-9-5-10-16-20)25-18-12-6-11-17-22(23)24/h4-5,7-11,13-17,23-24H,6,12,18H2,1-3H3. The highest BCUT2D eigenvalue weighted by atomic mass is 28.4. The highest BCUT2D eigenvalue weighted by Gasteiger charge is 2.49. The largest absolute Gasteiger partial charge is 0.480 e. The molecule has 0 bridgehead atoms. The Morgan fingerprint density at radius 3 is 1.85 bits per heavy atom. The Morgan fingerprint density at radius 1 is 0.923 bits per heavy atom. The van der Waals surface area contributed by atoms with Gasteiger partial charge in [0.25, 0.3) is 8.32 Å². The summed E-state index contributed by atoms with van der Waals surface area (Å²) in [4.78, 5) is 0. The quantitative estimate of drug-likeness (QED) is 0.557. The second kappa shape index (κ2) is 9.33. The predicted molar refractivity (Wildman–Crippen MR) is 112 cm³/mol. The van der Waals surface area contributed by atoms with Gasteiger partial charge in [-0.3, -0.25) is 0 Å². The molecule has 138 valence electrons. The minimum absolute atomic E-state index is 0.0210. The van der Waals surface area contributed by atoms with E-state index in [0.29, 0.717) is 6.61 Å². The van der Waals surface area contributed by atoms with Crippen molar-refractivity contribution in [3.63, 3.8) is 0 Å². The number of benzene rings is 2. The first-order valence-corrected chi connectivity index (χ1v) is 11.1. The summed E-state index contributed by atoms with van der Waals surface area (Å²) in [6.07, 6.45) is 3.39. The van der Waals surface area contributed by atoms with Crippen molar-refractivity contribution in [1.82, 2.24) is 0 Å². The summed E-state index contributed by atoms with van der Waals surface area (Å²) in [6, 6.07) is 21.2. The minimum atomic E-state index is -2.45. The van der Waals surface area contributed by atoms with E-state index in [1.165, 1.54) is 16.3 Å². The molecule has 2 aromatic rings. The van der Waals surface area contributed by atoms with Gasteiger partial charge in [-0.05, 0) is 28.3 Å². The van der Waals surface area contributed by atoms with E-state index < -0.39 is 15.4 Å². The number of hydrogen-bond acceptors (Lipinski definition) is 3. The minimum Gasteiger partial charge on any atom is -0.424 e. The first kappa shape index (κ1) is 20.7. The van der Waals surface area contributed by atoms with Gasteiger partial charge in [0.05, 0.1) is 0 Å². The molecule has 0 unspecified atom stereocenters. The topological polar surface area (TPSA) is 49.7 Å². The van der Waals surface area contributed by atoms with Crippen LogP contribution in [0.4, 0.5) is 0 Å². The summed E-state index contributed by atoms with van der Waals surface area (Å²) in [5.74, 6) is 1.39. The van der Waals surface area contributed by atoms with E-state index in [0.717, 1.165) is 12.8 Å². The third kappa shape index (κ3) is 4.95. The van der Waals surface area contributed by atoms with Gasteiger partial charge < -0.3 is 14.5 Å². The van der Waals surface area contributed by atoms with Crippen LogP contribution in [-0.4, -0.2) is 32.1 Å². The second-order valence-corrected chi connectivity index (χ2v) is 11.8. The lowest BCUT2D eigenvalue weighted by Gasteiger charge is -2.43. The third-order valence-electron chi connectivity index (χ3n) is 4.56. The Hall–Kier alpha value is -1.66. The summed E-state index contributed by atoms with van der Waals surface area (Å²) in [6.45, 7) is 7.43. The summed E-state index contributed by atoms with van der Waals surface area (Å²) in [5.41, 5.74) is 0. The van der Waals surface area contributed by atoms with Crippen LogP contribution in [0.2, 0.25) is 5.04 Å². The van der Waals surface area contributed by atoms with E-state index in [4.69, 9.17) is 14.5 Å². The zero-order valence-corrected chi connectivity index (χ0v) is 16.9. The molecule has 0 aromatic heterocycles. The number of allylic oxidation sites excluding steroid dienone is 1. The molecule has 0 radical (unpaired) electrons. The van der Waals surface area contributed by atoms with Crippen molar-refractivity contribution in [2.75, 3.05) is 6.61 Å². The van der Waals surface area contributed by atoms with Gasteiger partial charge in [-0.2, -0.15) is 0 Å². The highest BCUT2D eigenvalue weighted by molar-refractivity contribution is 6.99. The monoisotopic (exact) mass is 368 g/mol. The maximum absolute atomic E-state index is 8.89. The lowest BCUT2D eigenvalue weighted by molar-refractivity contribution is 0.293. The lowest BCUT2D eigenvalue weighted by atomic mass is 9.91. The van der Waals surface area contributed by atoms with Crippen LogP contribution in [0.3, 0.4) is 0 Å². The fraction of sp³-hybridized carbons (Fsp3) is 0.333. The molecule has 0 saturated heterocycles. The van der Waals surface area contributed by atoms with E-state index in [2.05, 4.69) is 69.3 Å². The fourth-order valence-corrected chi connectivity index (χ4v) is 8.01. The zero-order valence-electron chi connectivity index (χ0n) is 15.9. The molecule has 0 atom stereocenters. The van der Waals surface area contributed by atoms with Gasteiger partial charge in [0.15, 0.2) is 0 Å². The number of unbranched alkanes of at least 4 members (excludes halogenated alkanes) is 1. The Kier molecular flexibility index (Phi) is 7.41. The third-order valence-corrected chi connectivity index (χ3v) is 9.60. The van der Waals surface area contributed by atoms with Crippen LogP contribution in [0.5, 0.6) is 0 Å². The Bertz CT molecular complexity index is 642. The van der Waals surface area contributed by atoms with E-state index in [-0.39, 0.29) is 5.04 Å². The van der Waals surface area contributed by atoms with E-state index >= 15 is 0 Å². The normalized spacial score (nSPS) is 12.5. The molecular weight excluding hydrogens is 339 g/mol. The van der Waals surface area contributed by atoms with E-state index in [1.54, 1.807) is 6.08 Å². The highest BCUT2D eigenvalue weighted by Crippen LogP contribution is 2.36. The summed E-state index contributed by atoms with van der Waals surface area (Å²) in [7, 11) is -3.84. The van der Waals surface area contributed by atoms with Crippen LogP contribution in [0.15, 0.2) is 72.7 Å². The fourth-order valence-electron chi connectivity index (χ4n) is 3.41. The van der Waals surface area contributed by atoms with Crippen molar-refractivity contribution in [1.29, 1.82) is 0 Å². The zero-order chi connectivity index (χ0) is 19.0. The van der Waals surface area contributed by atoms with Gasteiger partial charge in [-0.1, -0.05) is 93.5 Å². The molecule has 5 heteroatoms. The van der Waals surface area contributed by atoms with E-state index in [1.807, 2.05) is 12.1 Å². The Labute approximate surface area is 158 Å². The van der Waals surface area contributed by atoms with E-state index in [9.17, 15) is 0 Å². The van der Waals surface area contributed by atoms with Gasteiger partial charge >= 0.3 is 7.12 Å². The molecule has 26 heavy (non-hydrogen) atoms. The van der Waals surface area contributed by atoms with Gasteiger partial charge in [-0.15, -0.1) is 0 Å². The summed E-state index contributed by atoms with van der Waals surface area (Å²) >= 11 is 0. The number of rotatable bonds is 8. The molecule has 2 N–H and O–H groups in total. The molecule has 2 rings (SSSR count). The van der Waals surface area contributed by atoms with Crippen LogP contribution in [0, 0.1) is 0 Å². The average Bonchev–Trinajstić information content (AvgIpc) is 2.61. The maximum Gasteiger partial charge on any atom is 0.480 e. The van der Waals surface area contributed by atoms with Crippen molar-refractivity contribution in [2.45, 2.75) is 38.7 Å². The molecule has 0 saturated carbocycles. The molecule has 3 nitrogen and oxygen atoms in total. The lowest BCUT2D eigenvalue weighted by Crippen LogP contribution is -2.66. The molecule has 0 aliphatic carbocycles. The molecule has 0 aliphatic rings. The molecule has 0 fully saturated rings. The second-order valence-electron chi connectivity index (χ2n) is 7.50. The average molecular weight is 368 g/mol. The molecule has 0 spiro atoms. The van der Waals surface area contributed by atoms with Crippen LogP contribution >= 0.6 is 0 Å².